The zero-order valence-corrected chi connectivity index (χ0v) is 27.2. The summed E-state index contributed by atoms with van der Waals surface area (Å²) in [5.74, 6) is 0.565. The van der Waals surface area contributed by atoms with Gasteiger partial charge >= 0.3 is 0 Å². The second kappa shape index (κ2) is 16.5. The minimum absolute atomic E-state index is 0.0338. The molecule has 3 aromatic carbocycles. The molecule has 12 nitrogen and oxygen atoms in total. The van der Waals surface area contributed by atoms with Crippen molar-refractivity contribution in [2.75, 3.05) is 17.6 Å². The van der Waals surface area contributed by atoms with E-state index in [2.05, 4.69) is 33.1 Å². The summed E-state index contributed by atoms with van der Waals surface area (Å²) in [7, 11) is 0. The van der Waals surface area contributed by atoms with Gasteiger partial charge in [0.15, 0.2) is 6.29 Å². The number of hydrogen-bond donors (Lipinski definition) is 4. The predicted octanol–water partition coefficient (Wildman–Crippen LogP) is 5.08. The fourth-order valence-corrected chi connectivity index (χ4v) is 6.34. The number of tetrazole rings is 1. The number of anilines is 1. The Kier molecular flexibility index (Phi) is 12.0. The zero-order chi connectivity index (χ0) is 33.2. The summed E-state index contributed by atoms with van der Waals surface area (Å²) in [4.78, 5) is 23.5. The van der Waals surface area contributed by atoms with Gasteiger partial charge < -0.3 is 30.3 Å². The molecule has 0 saturated carbocycles. The molecule has 0 unspecified atom stereocenters. The van der Waals surface area contributed by atoms with Crippen LogP contribution in [0.2, 0.25) is 0 Å². The van der Waals surface area contributed by atoms with E-state index in [1.807, 2.05) is 48.5 Å². The van der Waals surface area contributed by atoms with Crippen LogP contribution in [0.3, 0.4) is 0 Å². The van der Waals surface area contributed by atoms with Gasteiger partial charge in [-0.15, -0.1) is 5.10 Å². The molecule has 4 aromatic rings. The third kappa shape index (κ3) is 9.38. The number of benzene rings is 3. The number of rotatable bonds is 14. The number of nitrogens with one attached hydrogen (secondary N) is 2. The maximum absolute atomic E-state index is 12.5. The van der Waals surface area contributed by atoms with Crippen LogP contribution < -0.4 is 10.6 Å². The van der Waals surface area contributed by atoms with Crippen LogP contribution in [0.25, 0.3) is 5.69 Å². The zero-order valence-electron chi connectivity index (χ0n) is 26.4. The average molecular weight is 661 g/mol. The summed E-state index contributed by atoms with van der Waals surface area (Å²) in [5.41, 5.74) is 4.03. The van der Waals surface area contributed by atoms with E-state index < -0.39 is 6.29 Å². The molecular weight excluding hydrogens is 620 g/mol. The molecule has 4 N–H and O–H groups in total. The molecule has 0 radical (unpaired) electrons. The first-order valence-corrected chi connectivity index (χ1v) is 16.6. The van der Waals surface area contributed by atoms with Crippen molar-refractivity contribution in [2.24, 2.45) is 5.92 Å². The van der Waals surface area contributed by atoms with Crippen molar-refractivity contribution >= 4 is 29.3 Å². The van der Waals surface area contributed by atoms with E-state index in [-0.39, 0.29) is 42.3 Å². The van der Waals surface area contributed by atoms with Gasteiger partial charge in [-0.3, -0.25) is 9.59 Å². The standard InChI is InChI=1S/C34H40N6O6S/c1-22-30(21-47-34-37-38-39-40(34)28-15-17-29(43)18-16-28)45-33(46-32(22)25-9-7-24(20-41)8-10-25)26-11-13-27(14-12-26)36-31(44)6-4-3-5-19-35-23(2)42/h7-18,22,30,32-33,41,43H,3-6,19-21H2,1-2H3,(H,35,42)(H,36,44)/t22-,30+,32+,33+/m1/s1. The number of unbranched alkanes of at least 4 members (excludes halogenated alkanes) is 2. The molecule has 248 valence electrons. The average Bonchev–Trinajstić information content (AvgIpc) is 3.55. The van der Waals surface area contributed by atoms with E-state index in [9.17, 15) is 19.8 Å². The predicted molar refractivity (Wildman–Crippen MR) is 177 cm³/mol. The summed E-state index contributed by atoms with van der Waals surface area (Å²) < 4.78 is 14.7. The Hall–Kier alpha value is -4.30. The number of nitrogens with zero attached hydrogens (tertiary/aromatic N) is 4. The molecule has 4 atom stereocenters. The minimum Gasteiger partial charge on any atom is -0.508 e. The first-order chi connectivity index (χ1) is 22.8. The SMILES string of the molecule is CC(=O)NCCCCCC(=O)Nc1ccc([C@H]2O[C@@H](CSc3nnnn3-c3ccc(O)cc3)[C@@H](C)[C@@H](c3ccc(CO)cc3)O2)cc1. The molecule has 0 aliphatic carbocycles. The van der Waals surface area contributed by atoms with Gasteiger partial charge in [-0.05, 0) is 70.8 Å². The second-order valence-corrected chi connectivity index (χ2v) is 12.5. The third-order valence-electron chi connectivity index (χ3n) is 7.96. The summed E-state index contributed by atoms with van der Waals surface area (Å²) in [6, 6.07) is 21.9. The van der Waals surface area contributed by atoms with Gasteiger partial charge in [0, 0.05) is 42.8 Å². The molecule has 13 heteroatoms. The fraction of sp³-hybridized carbons (Fsp3) is 0.382. The normalized spacial score (nSPS) is 19.3. The van der Waals surface area contributed by atoms with Crippen molar-refractivity contribution in [3.8, 4) is 11.4 Å². The quantitative estimate of drug-likeness (QED) is 0.106. The molecule has 1 aliphatic heterocycles. The van der Waals surface area contributed by atoms with E-state index in [0.29, 0.717) is 29.6 Å². The lowest BCUT2D eigenvalue weighted by molar-refractivity contribution is -0.268. The molecule has 0 spiro atoms. The summed E-state index contributed by atoms with van der Waals surface area (Å²) in [6.45, 7) is 4.17. The van der Waals surface area contributed by atoms with Gasteiger partial charge in [0.2, 0.25) is 17.0 Å². The Morgan fingerprint density at radius 3 is 2.36 bits per heavy atom. The third-order valence-corrected chi connectivity index (χ3v) is 8.96. The van der Waals surface area contributed by atoms with Crippen LogP contribution in [0.1, 0.15) is 68.6 Å². The molecule has 1 aliphatic rings. The van der Waals surface area contributed by atoms with E-state index >= 15 is 0 Å². The minimum atomic E-state index is -0.666. The van der Waals surface area contributed by atoms with Crippen molar-refractivity contribution < 1.29 is 29.3 Å². The number of carbonyl (C=O) groups is 2. The van der Waals surface area contributed by atoms with E-state index in [1.165, 1.54) is 18.7 Å². The number of ether oxygens (including phenoxy) is 2. The molecule has 0 bridgehead atoms. The monoisotopic (exact) mass is 660 g/mol. The highest BCUT2D eigenvalue weighted by atomic mass is 32.2. The van der Waals surface area contributed by atoms with Crippen molar-refractivity contribution in [3.05, 3.63) is 89.5 Å². The number of thioether (sulfide) groups is 1. The van der Waals surface area contributed by atoms with Gasteiger partial charge in [-0.2, -0.15) is 4.68 Å². The Labute approximate surface area is 277 Å². The number of phenols is 1. The van der Waals surface area contributed by atoms with Crippen molar-refractivity contribution in [3.63, 3.8) is 0 Å². The number of aromatic nitrogens is 4. The lowest BCUT2D eigenvalue weighted by atomic mass is 9.91. The first-order valence-electron chi connectivity index (χ1n) is 15.7. The maximum atomic E-state index is 12.5. The van der Waals surface area contributed by atoms with Gasteiger partial charge in [-0.1, -0.05) is 61.5 Å². The maximum Gasteiger partial charge on any atom is 0.224 e. The first kappa shape index (κ1) is 34.0. The van der Waals surface area contributed by atoms with Crippen LogP contribution in [-0.4, -0.2) is 60.6 Å². The highest BCUT2D eigenvalue weighted by molar-refractivity contribution is 7.99. The highest BCUT2D eigenvalue weighted by Crippen LogP contribution is 2.43. The number of amides is 2. The Bertz CT molecular complexity index is 1600. The number of carbonyl (C=O) groups excluding carboxylic acids is 2. The van der Waals surface area contributed by atoms with Crippen LogP contribution >= 0.6 is 11.8 Å². The second-order valence-electron chi connectivity index (χ2n) is 11.5. The lowest BCUT2D eigenvalue weighted by Gasteiger charge is -2.41. The number of aliphatic hydroxyl groups is 1. The number of aliphatic hydroxyl groups excluding tert-OH is 1. The summed E-state index contributed by atoms with van der Waals surface area (Å²) in [5, 5.41) is 37.7. The molecule has 47 heavy (non-hydrogen) atoms. The number of hydrogen-bond acceptors (Lipinski definition) is 10. The van der Waals surface area contributed by atoms with Crippen LogP contribution in [0.5, 0.6) is 5.75 Å². The van der Waals surface area contributed by atoms with Crippen molar-refractivity contribution in [1.82, 2.24) is 25.5 Å². The van der Waals surface area contributed by atoms with Crippen LogP contribution in [-0.2, 0) is 25.7 Å². The lowest BCUT2D eigenvalue weighted by Crippen LogP contribution is -2.38. The van der Waals surface area contributed by atoms with Crippen molar-refractivity contribution in [2.45, 2.75) is 69.8 Å². The molecule has 1 aromatic heterocycles. The van der Waals surface area contributed by atoms with Gasteiger partial charge in [0.25, 0.3) is 0 Å². The summed E-state index contributed by atoms with van der Waals surface area (Å²) >= 11 is 1.47. The van der Waals surface area contributed by atoms with Gasteiger partial charge in [-0.25, -0.2) is 0 Å². The molecule has 1 saturated heterocycles. The largest absolute Gasteiger partial charge is 0.508 e. The topological polar surface area (TPSA) is 161 Å². The number of aromatic hydroxyl groups is 1. The summed E-state index contributed by atoms with van der Waals surface area (Å²) in [6.07, 6.45) is 1.65. The molecule has 2 heterocycles. The van der Waals surface area contributed by atoms with Crippen molar-refractivity contribution in [1.29, 1.82) is 0 Å². The van der Waals surface area contributed by atoms with Gasteiger partial charge in [0.1, 0.15) is 5.75 Å². The van der Waals surface area contributed by atoms with Crippen LogP contribution in [0, 0.1) is 5.92 Å². The molecule has 2 amide bonds. The Morgan fingerprint density at radius 2 is 1.66 bits per heavy atom. The van der Waals surface area contributed by atoms with E-state index in [0.717, 1.165) is 41.6 Å². The molecular formula is C34H40N6O6S. The smallest absolute Gasteiger partial charge is 0.224 e. The fourth-order valence-electron chi connectivity index (χ4n) is 5.29. The molecule has 5 rings (SSSR count). The highest BCUT2D eigenvalue weighted by Gasteiger charge is 2.38. The van der Waals surface area contributed by atoms with E-state index in [4.69, 9.17) is 9.47 Å². The van der Waals surface area contributed by atoms with E-state index in [1.54, 1.807) is 28.9 Å². The van der Waals surface area contributed by atoms with Gasteiger partial charge in [0.05, 0.1) is 24.5 Å². The van der Waals surface area contributed by atoms with Crippen LogP contribution in [0.4, 0.5) is 5.69 Å². The number of phenolic OH excluding ortho intramolecular Hbond substituents is 1. The van der Waals surface area contributed by atoms with Crippen LogP contribution in [0.15, 0.2) is 78.0 Å². The Balaban J connectivity index is 1.25. The Morgan fingerprint density at radius 1 is 0.936 bits per heavy atom. The molecule has 1 fully saturated rings.